The van der Waals surface area contributed by atoms with Gasteiger partial charge in [0.05, 0.1) is 5.56 Å². The highest BCUT2D eigenvalue weighted by Crippen LogP contribution is 2.25. The van der Waals surface area contributed by atoms with E-state index in [1.807, 2.05) is 26.0 Å². The molecule has 1 N–H and O–H groups in total. The molecule has 5 heteroatoms. The van der Waals surface area contributed by atoms with Crippen molar-refractivity contribution in [2.75, 3.05) is 5.32 Å². The summed E-state index contributed by atoms with van der Waals surface area (Å²) in [5.74, 6) is -5.14. The van der Waals surface area contributed by atoms with Gasteiger partial charge in [0, 0.05) is 5.69 Å². The Morgan fingerprint density at radius 1 is 1.00 bits per heavy atom. The monoisotopic (exact) mass is 293 g/mol. The summed E-state index contributed by atoms with van der Waals surface area (Å²) in [7, 11) is 0. The number of carbonyl (C=O) groups excluding carboxylic acids is 1. The minimum Gasteiger partial charge on any atom is -0.322 e. The van der Waals surface area contributed by atoms with Gasteiger partial charge in [-0.2, -0.15) is 0 Å². The molecule has 0 fully saturated rings. The normalized spacial score (nSPS) is 10.8. The lowest BCUT2D eigenvalue weighted by molar-refractivity contribution is 0.102. The Bertz CT molecular complexity index is 683. The van der Waals surface area contributed by atoms with E-state index in [1.54, 1.807) is 12.1 Å². The van der Waals surface area contributed by atoms with Crippen LogP contribution in [0.1, 0.15) is 35.7 Å². The van der Waals surface area contributed by atoms with E-state index in [0.29, 0.717) is 5.69 Å². The maximum Gasteiger partial charge on any atom is 0.258 e. The molecule has 0 saturated carbocycles. The van der Waals surface area contributed by atoms with Gasteiger partial charge in [-0.1, -0.05) is 32.0 Å². The number of amides is 1. The van der Waals surface area contributed by atoms with Crippen molar-refractivity contribution in [3.8, 4) is 0 Å². The second-order valence-corrected chi connectivity index (χ2v) is 4.92. The minimum absolute atomic E-state index is 0.149. The molecule has 2 rings (SSSR count). The van der Waals surface area contributed by atoms with Gasteiger partial charge in [-0.15, -0.1) is 0 Å². The van der Waals surface area contributed by atoms with Crippen molar-refractivity contribution in [1.29, 1.82) is 0 Å². The molecule has 0 heterocycles. The number of halogens is 3. The number of hydrogen-bond donors (Lipinski definition) is 1. The standard InChI is InChI=1S/C16H14F3NO/c1-9(2)10-5-3-4-6-13(10)20-16(21)11-7-8-12(17)15(19)14(11)18/h3-9H,1-2H3,(H,20,21). The van der Waals surface area contributed by atoms with Crippen LogP contribution in [0.25, 0.3) is 0 Å². The topological polar surface area (TPSA) is 29.1 Å². The molecule has 0 aromatic heterocycles. The predicted octanol–water partition coefficient (Wildman–Crippen LogP) is 4.48. The van der Waals surface area contributed by atoms with Crippen LogP contribution < -0.4 is 5.32 Å². The third-order valence-electron chi connectivity index (χ3n) is 3.11. The Morgan fingerprint density at radius 3 is 2.33 bits per heavy atom. The Hall–Kier alpha value is -2.30. The smallest absolute Gasteiger partial charge is 0.258 e. The van der Waals surface area contributed by atoms with E-state index in [4.69, 9.17) is 0 Å². The van der Waals surface area contributed by atoms with Crippen molar-refractivity contribution in [3.05, 3.63) is 65.0 Å². The minimum atomic E-state index is -1.65. The van der Waals surface area contributed by atoms with E-state index in [-0.39, 0.29) is 5.92 Å². The first kappa shape index (κ1) is 15.1. The molecule has 0 aliphatic carbocycles. The summed E-state index contributed by atoms with van der Waals surface area (Å²) >= 11 is 0. The van der Waals surface area contributed by atoms with Gasteiger partial charge >= 0.3 is 0 Å². The molecule has 2 nitrogen and oxygen atoms in total. The molecular formula is C16H14F3NO. The zero-order chi connectivity index (χ0) is 15.6. The van der Waals surface area contributed by atoms with Crippen LogP contribution in [0.15, 0.2) is 36.4 Å². The van der Waals surface area contributed by atoms with E-state index >= 15 is 0 Å². The van der Waals surface area contributed by atoms with Crippen LogP contribution in [0, 0.1) is 17.5 Å². The van der Waals surface area contributed by atoms with Crippen LogP contribution in [0.2, 0.25) is 0 Å². The molecule has 0 spiro atoms. The molecule has 0 aliphatic heterocycles. The molecule has 1 amide bonds. The first-order chi connectivity index (χ1) is 9.91. The van der Waals surface area contributed by atoms with Crippen LogP contribution in [-0.4, -0.2) is 5.91 Å². The summed E-state index contributed by atoms with van der Waals surface area (Å²) in [5.41, 5.74) is 0.850. The third-order valence-corrected chi connectivity index (χ3v) is 3.11. The van der Waals surface area contributed by atoms with Gasteiger partial charge in [0.25, 0.3) is 5.91 Å². The Morgan fingerprint density at radius 2 is 1.67 bits per heavy atom. The Kier molecular flexibility index (Phi) is 4.31. The molecule has 0 unspecified atom stereocenters. The van der Waals surface area contributed by atoms with E-state index in [0.717, 1.165) is 17.7 Å². The summed E-state index contributed by atoms with van der Waals surface area (Å²) in [6, 6.07) is 8.70. The second-order valence-electron chi connectivity index (χ2n) is 4.92. The lowest BCUT2D eigenvalue weighted by Gasteiger charge is -2.14. The lowest BCUT2D eigenvalue weighted by Crippen LogP contribution is -2.16. The van der Waals surface area contributed by atoms with Gasteiger partial charge < -0.3 is 5.32 Å². The third kappa shape index (κ3) is 3.07. The van der Waals surface area contributed by atoms with Crippen LogP contribution in [0.3, 0.4) is 0 Å². The fraction of sp³-hybridized carbons (Fsp3) is 0.188. The van der Waals surface area contributed by atoms with Crippen molar-refractivity contribution in [2.45, 2.75) is 19.8 Å². The van der Waals surface area contributed by atoms with Gasteiger partial charge in [-0.25, -0.2) is 13.2 Å². The highest BCUT2D eigenvalue weighted by Gasteiger charge is 2.19. The highest BCUT2D eigenvalue weighted by atomic mass is 19.2. The fourth-order valence-electron chi connectivity index (χ4n) is 2.01. The molecule has 110 valence electrons. The fourth-order valence-corrected chi connectivity index (χ4v) is 2.01. The van der Waals surface area contributed by atoms with Crippen molar-refractivity contribution in [3.63, 3.8) is 0 Å². The second kappa shape index (κ2) is 5.99. The summed E-state index contributed by atoms with van der Waals surface area (Å²) in [4.78, 5) is 12.0. The molecule has 0 atom stereocenters. The van der Waals surface area contributed by atoms with Crippen LogP contribution in [-0.2, 0) is 0 Å². The van der Waals surface area contributed by atoms with E-state index in [1.165, 1.54) is 0 Å². The van der Waals surface area contributed by atoms with Crippen LogP contribution in [0.4, 0.5) is 18.9 Å². The summed E-state index contributed by atoms with van der Waals surface area (Å²) in [5, 5.41) is 2.53. The maximum absolute atomic E-state index is 13.6. The largest absolute Gasteiger partial charge is 0.322 e. The molecule has 21 heavy (non-hydrogen) atoms. The zero-order valence-corrected chi connectivity index (χ0v) is 11.6. The van der Waals surface area contributed by atoms with E-state index < -0.39 is 28.9 Å². The van der Waals surface area contributed by atoms with Crippen LogP contribution >= 0.6 is 0 Å². The average molecular weight is 293 g/mol. The summed E-state index contributed by atoms with van der Waals surface area (Å²) < 4.78 is 39.6. The van der Waals surface area contributed by atoms with Crippen molar-refractivity contribution >= 4 is 11.6 Å². The molecule has 0 aliphatic rings. The maximum atomic E-state index is 13.6. The first-order valence-corrected chi connectivity index (χ1v) is 6.45. The summed E-state index contributed by atoms with van der Waals surface area (Å²) in [6.07, 6.45) is 0. The summed E-state index contributed by atoms with van der Waals surface area (Å²) in [6.45, 7) is 3.90. The number of anilines is 1. The number of nitrogens with one attached hydrogen (secondary N) is 1. The van der Waals surface area contributed by atoms with Gasteiger partial charge in [0.15, 0.2) is 17.5 Å². The Labute approximate surface area is 120 Å². The number of benzene rings is 2. The van der Waals surface area contributed by atoms with Gasteiger partial charge in [-0.05, 0) is 29.7 Å². The highest BCUT2D eigenvalue weighted by molar-refractivity contribution is 6.04. The molecule has 0 saturated heterocycles. The number of hydrogen-bond acceptors (Lipinski definition) is 1. The van der Waals surface area contributed by atoms with Crippen molar-refractivity contribution < 1.29 is 18.0 Å². The molecule has 0 bridgehead atoms. The van der Waals surface area contributed by atoms with Crippen molar-refractivity contribution in [1.82, 2.24) is 0 Å². The van der Waals surface area contributed by atoms with Gasteiger partial charge in [0.1, 0.15) is 0 Å². The van der Waals surface area contributed by atoms with Crippen LogP contribution in [0.5, 0.6) is 0 Å². The Balaban J connectivity index is 2.33. The number of para-hydroxylation sites is 1. The molecule has 2 aromatic rings. The predicted molar refractivity (Wildman–Crippen MR) is 74.8 cm³/mol. The lowest BCUT2D eigenvalue weighted by atomic mass is 10.0. The zero-order valence-electron chi connectivity index (χ0n) is 11.6. The van der Waals surface area contributed by atoms with E-state index in [9.17, 15) is 18.0 Å². The van der Waals surface area contributed by atoms with Crippen molar-refractivity contribution in [2.24, 2.45) is 0 Å². The SMILES string of the molecule is CC(C)c1ccccc1NC(=O)c1ccc(F)c(F)c1F. The van der Waals surface area contributed by atoms with E-state index in [2.05, 4.69) is 5.32 Å². The molecular weight excluding hydrogens is 279 g/mol. The molecule has 2 aromatic carbocycles. The average Bonchev–Trinajstić information content (AvgIpc) is 2.45. The quantitative estimate of drug-likeness (QED) is 0.831. The number of carbonyl (C=O) groups is 1. The first-order valence-electron chi connectivity index (χ1n) is 6.45. The molecule has 0 radical (unpaired) electrons. The van der Waals surface area contributed by atoms with Gasteiger partial charge in [0.2, 0.25) is 0 Å². The van der Waals surface area contributed by atoms with Gasteiger partial charge in [-0.3, -0.25) is 4.79 Å². The number of rotatable bonds is 3.